The summed E-state index contributed by atoms with van der Waals surface area (Å²) in [6.45, 7) is 2.05. The number of hydrogen-bond acceptors (Lipinski definition) is 6. The summed E-state index contributed by atoms with van der Waals surface area (Å²) in [6.07, 6.45) is 0.524. The van der Waals surface area contributed by atoms with Crippen LogP contribution in [-0.4, -0.2) is 68.5 Å². The summed E-state index contributed by atoms with van der Waals surface area (Å²) in [6, 6.07) is 14.8. The van der Waals surface area contributed by atoms with Gasteiger partial charge in [0.05, 0.1) is 32.6 Å². The van der Waals surface area contributed by atoms with Gasteiger partial charge >= 0.3 is 0 Å². The van der Waals surface area contributed by atoms with Gasteiger partial charge in [-0.05, 0) is 35.9 Å². The van der Waals surface area contributed by atoms with Gasteiger partial charge in [0.15, 0.2) is 0 Å². The number of carbonyl (C=O) groups is 2. The molecule has 0 spiro atoms. The third-order valence-electron chi connectivity index (χ3n) is 5.42. The second-order valence-corrected chi connectivity index (χ2v) is 7.41. The fourth-order valence-electron chi connectivity index (χ4n) is 3.67. The molecule has 32 heavy (non-hydrogen) atoms. The lowest BCUT2D eigenvalue weighted by Gasteiger charge is -2.27. The van der Waals surface area contributed by atoms with Crippen molar-refractivity contribution in [1.29, 1.82) is 0 Å². The highest BCUT2D eigenvalue weighted by atomic mass is 16.5. The molecule has 8 heteroatoms. The van der Waals surface area contributed by atoms with Gasteiger partial charge in [-0.2, -0.15) is 5.10 Å². The molecule has 0 bridgehead atoms. The van der Waals surface area contributed by atoms with Crippen LogP contribution in [0.15, 0.2) is 53.6 Å². The molecule has 0 saturated carbocycles. The summed E-state index contributed by atoms with van der Waals surface area (Å²) >= 11 is 0. The number of amides is 2. The number of carbonyl (C=O) groups excluding carboxylic acids is 2. The predicted octanol–water partition coefficient (Wildman–Crippen LogP) is 2.88. The molecule has 1 heterocycles. The van der Waals surface area contributed by atoms with Crippen molar-refractivity contribution in [3.63, 3.8) is 0 Å². The number of para-hydroxylation sites is 1. The zero-order chi connectivity index (χ0) is 23.1. The van der Waals surface area contributed by atoms with Crippen LogP contribution in [0.4, 0.5) is 0 Å². The minimum Gasteiger partial charge on any atom is -0.497 e. The fraction of sp³-hybridized carbons (Fsp3) is 0.375. The molecule has 1 aliphatic heterocycles. The van der Waals surface area contributed by atoms with E-state index >= 15 is 0 Å². The molecule has 0 aliphatic carbocycles. The van der Waals surface area contributed by atoms with Crippen molar-refractivity contribution < 1.29 is 23.8 Å². The average Bonchev–Trinajstić information content (AvgIpc) is 3.27. The van der Waals surface area contributed by atoms with Crippen LogP contribution in [0.2, 0.25) is 0 Å². The van der Waals surface area contributed by atoms with Gasteiger partial charge in [-0.1, -0.05) is 18.2 Å². The molecule has 0 N–H and O–H groups in total. The van der Waals surface area contributed by atoms with Gasteiger partial charge in [0.1, 0.15) is 18.0 Å². The highest BCUT2D eigenvalue weighted by Gasteiger charge is 2.35. The number of hydrazone groups is 1. The van der Waals surface area contributed by atoms with Crippen LogP contribution in [0, 0.1) is 0 Å². The Hall–Kier alpha value is -3.39. The molecule has 0 fully saturated rings. The maximum absolute atomic E-state index is 13.3. The van der Waals surface area contributed by atoms with Gasteiger partial charge in [-0.15, -0.1) is 0 Å². The molecule has 2 aromatic carbocycles. The summed E-state index contributed by atoms with van der Waals surface area (Å²) in [5.41, 5.74) is 2.55. The molecule has 0 aromatic heterocycles. The van der Waals surface area contributed by atoms with Crippen LogP contribution in [0.3, 0.4) is 0 Å². The van der Waals surface area contributed by atoms with Gasteiger partial charge in [-0.3, -0.25) is 9.59 Å². The van der Waals surface area contributed by atoms with Crippen molar-refractivity contribution in [1.82, 2.24) is 9.91 Å². The Balaban J connectivity index is 1.93. The smallest absolute Gasteiger partial charge is 0.262 e. The van der Waals surface area contributed by atoms with E-state index in [-0.39, 0.29) is 24.4 Å². The first-order valence-electron chi connectivity index (χ1n) is 10.4. The van der Waals surface area contributed by atoms with E-state index < -0.39 is 0 Å². The number of benzene rings is 2. The van der Waals surface area contributed by atoms with E-state index in [1.54, 1.807) is 21.3 Å². The second-order valence-electron chi connectivity index (χ2n) is 7.41. The first kappa shape index (κ1) is 23.3. The molecule has 2 aromatic rings. The van der Waals surface area contributed by atoms with E-state index in [4.69, 9.17) is 14.2 Å². The first-order valence-corrected chi connectivity index (χ1v) is 10.4. The molecule has 2 amide bonds. The van der Waals surface area contributed by atoms with Crippen molar-refractivity contribution in [3.05, 3.63) is 59.7 Å². The van der Waals surface area contributed by atoms with E-state index in [1.807, 2.05) is 48.5 Å². The zero-order valence-electron chi connectivity index (χ0n) is 18.9. The fourth-order valence-corrected chi connectivity index (χ4v) is 3.67. The van der Waals surface area contributed by atoms with Gasteiger partial charge in [0.2, 0.25) is 5.91 Å². The lowest BCUT2D eigenvalue weighted by molar-refractivity contribution is -0.141. The lowest BCUT2D eigenvalue weighted by Crippen LogP contribution is -2.41. The van der Waals surface area contributed by atoms with Crippen LogP contribution < -0.4 is 9.47 Å². The van der Waals surface area contributed by atoms with Crippen LogP contribution in [-0.2, 0) is 14.3 Å². The SMILES string of the molecule is COCCN(CC(=O)N1N=C(c2ccc(OC)cc2)C[C@H]1c1ccccc1OC)C(C)=O. The monoisotopic (exact) mass is 439 g/mol. The van der Waals surface area contributed by atoms with Crippen LogP contribution in [0.1, 0.15) is 30.5 Å². The van der Waals surface area contributed by atoms with Crippen LogP contribution in [0.25, 0.3) is 0 Å². The number of methoxy groups -OCH3 is 3. The number of ether oxygens (including phenoxy) is 3. The third kappa shape index (κ3) is 5.26. The highest BCUT2D eigenvalue weighted by Crippen LogP contribution is 2.37. The molecular weight excluding hydrogens is 410 g/mol. The van der Waals surface area contributed by atoms with E-state index in [0.29, 0.717) is 25.3 Å². The largest absolute Gasteiger partial charge is 0.497 e. The summed E-state index contributed by atoms with van der Waals surface area (Å²) in [4.78, 5) is 26.8. The summed E-state index contributed by atoms with van der Waals surface area (Å²) in [5.74, 6) is 0.972. The molecule has 3 rings (SSSR count). The second kappa shape index (κ2) is 10.8. The summed E-state index contributed by atoms with van der Waals surface area (Å²) in [5, 5.41) is 6.15. The maximum atomic E-state index is 13.3. The van der Waals surface area contributed by atoms with Crippen molar-refractivity contribution in [2.24, 2.45) is 5.10 Å². The Morgan fingerprint density at radius 1 is 1.06 bits per heavy atom. The minimum absolute atomic E-state index is 0.0796. The van der Waals surface area contributed by atoms with E-state index in [2.05, 4.69) is 5.10 Å². The van der Waals surface area contributed by atoms with Crippen molar-refractivity contribution in [2.75, 3.05) is 41.0 Å². The van der Waals surface area contributed by atoms with Gasteiger partial charge in [0.25, 0.3) is 5.91 Å². The quantitative estimate of drug-likeness (QED) is 0.600. The lowest BCUT2D eigenvalue weighted by atomic mass is 9.97. The van der Waals surface area contributed by atoms with Crippen molar-refractivity contribution in [2.45, 2.75) is 19.4 Å². The molecular formula is C24H29N3O5. The van der Waals surface area contributed by atoms with E-state index in [0.717, 1.165) is 22.6 Å². The normalized spacial score (nSPS) is 15.3. The van der Waals surface area contributed by atoms with Crippen molar-refractivity contribution >= 4 is 17.5 Å². The highest BCUT2D eigenvalue weighted by molar-refractivity contribution is 6.03. The van der Waals surface area contributed by atoms with Crippen LogP contribution in [0.5, 0.6) is 11.5 Å². The van der Waals surface area contributed by atoms with Gasteiger partial charge in [0, 0.05) is 32.6 Å². The van der Waals surface area contributed by atoms with Crippen molar-refractivity contribution in [3.8, 4) is 11.5 Å². The van der Waals surface area contributed by atoms with Crippen LogP contribution >= 0.6 is 0 Å². The number of hydrogen-bond donors (Lipinski definition) is 0. The van der Waals surface area contributed by atoms with E-state index in [1.165, 1.54) is 16.8 Å². The van der Waals surface area contributed by atoms with Gasteiger partial charge < -0.3 is 19.1 Å². The molecule has 8 nitrogen and oxygen atoms in total. The summed E-state index contributed by atoms with van der Waals surface area (Å²) in [7, 11) is 4.78. The Bertz CT molecular complexity index is 974. The molecule has 1 aliphatic rings. The topological polar surface area (TPSA) is 80.7 Å². The predicted molar refractivity (Wildman–Crippen MR) is 121 cm³/mol. The molecule has 0 radical (unpaired) electrons. The maximum Gasteiger partial charge on any atom is 0.262 e. The molecule has 0 unspecified atom stereocenters. The standard InChI is InChI=1S/C24H29N3O5/c1-17(28)26(13-14-30-2)16-24(29)27-22(20-7-5-6-8-23(20)32-4)15-21(25-27)18-9-11-19(31-3)12-10-18/h5-12,22H,13-16H2,1-4H3/t22-/m0/s1. The summed E-state index contributed by atoms with van der Waals surface area (Å²) < 4.78 is 15.9. The Morgan fingerprint density at radius 3 is 2.41 bits per heavy atom. The Morgan fingerprint density at radius 2 is 1.78 bits per heavy atom. The van der Waals surface area contributed by atoms with Gasteiger partial charge in [-0.25, -0.2) is 5.01 Å². The molecule has 0 saturated heterocycles. The minimum atomic E-state index is -0.341. The van der Waals surface area contributed by atoms with E-state index in [9.17, 15) is 9.59 Å². The Kier molecular flexibility index (Phi) is 7.83. The molecule has 1 atom stereocenters. The first-order chi connectivity index (χ1) is 15.5. The number of rotatable bonds is 9. The number of nitrogens with zero attached hydrogens (tertiary/aromatic N) is 3. The zero-order valence-corrected chi connectivity index (χ0v) is 18.9. The average molecular weight is 440 g/mol. The molecule has 170 valence electrons. The third-order valence-corrected chi connectivity index (χ3v) is 5.42. The Labute approximate surface area is 188 Å².